The van der Waals surface area contributed by atoms with Gasteiger partial charge >= 0.3 is 0 Å². The van der Waals surface area contributed by atoms with Gasteiger partial charge in [-0.2, -0.15) is 0 Å². The number of piperidine rings is 3. The number of carbonyl (C=O) groups is 2. The van der Waals surface area contributed by atoms with Crippen LogP contribution in [-0.2, 0) is 9.59 Å². The summed E-state index contributed by atoms with van der Waals surface area (Å²) in [4.78, 5) is 29.6. The lowest BCUT2D eigenvalue weighted by atomic mass is 9.83. The zero-order valence-corrected chi connectivity index (χ0v) is 19.8. The van der Waals surface area contributed by atoms with Gasteiger partial charge in [0.2, 0.25) is 11.8 Å². The molecule has 8 heteroatoms. The Morgan fingerprint density at radius 2 is 1.85 bits per heavy atom. The molecular formula is C26H35FN4O3. The molecule has 1 N–H and O–H groups in total. The third kappa shape index (κ3) is 5.11. The van der Waals surface area contributed by atoms with Gasteiger partial charge in [-0.1, -0.05) is 11.6 Å². The summed E-state index contributed by atoms with van der Waals surface area (Å²) in [6.07, 6.45) is 8.31. The van der Waals surface area contributed by atoms with Crippen molar-refractivity contribution in [1.82, 2.24) is 20.3 Å². The highest BCUT2D eigenvalue weighted by molar-refractivity contribution is 5.84. The summed E-state index contributed by atoms with van der Waals surface area (Å²) in [5, 5.41) is 8.13. The maximum Gasteiger partial charge on any atom is 0.223 e. The SMILES string of the molecule is O=C(CCC(=O)N1CCC(c2noc3cc(F)ccc23)CC1)NCC1CCCN2CCCCC12. The summed E-state index contributed by atoms with van der Waals surface area (Å²) in [6.45, 7) is 4.41. The van der Waals surface area contributed by atoms with Crippen LogP contribution in [0.2, 0.25) is 0 Å². The van der Waals surface area contributed by atoms with Crippen LogP contribution in [0.5, 0.6) is 0 Å². The van der Waals surface area contributed by atoms with Crippen molar-refractivity contribution >= 4 is 22.8 Å². The Morgan fingerprint density at radius 3 is 2.71 bits per heavy atom. The highest BCUT2D eigenvalue weighted by Crippen LogP contribution is 2.33. The molecule has 2 atom stereocenters. The molecule has 2 amide bonds. The number of aromatic nitrogens is 1. The van der Waals surface area contributed by atoms with E-state index in [9.17, 15) is 14.0 Å². The second-order valence-corrected chi connectivity index (χ2v) is 10.2. The number of halogens is 1. The van der Waals surface area contributed by atoms with Gasteiger partial charge in [0.05, 0.1) is 5.69 Å². The van der Waals surface area contributed by atoms with Crippen LogP contribution in [-0.4, -0.2) is 65.5 Å². The molecule has 2 aromatic rings. The van der Waals surface area contributed by atoms with Crippen LogP contribution in [0.3, 0.4) is 0 Å². The minimum atomic E-state index is -0.339. The van der Waals surface area contributed by atoms with Crippen molar-refractivity contribution in [3.63, 3.8) is 0 Å². The number of hydrogen-bond acceptors (Lipinski definition) is 5. The Balaban J connectivity index is 1.05. The van der Waals surface area contributed by atoms with Crippen molar-refractivity contribution in [3.05, 3.63) is 29.7 Å². The third-order valence-corrected chi connectivity index (χ3v) is 8.05. The molecule has 3 saturated heterocycles. The van der Waals surface area contributed by atoms with Gasteiger partial charge in [0.25, 0.3) is 0 Å². The normalized spacial score (nSPS) is 24.2. The lowest BCUT2D eigenvalue weighted by molar-refractivity contribution is -0.134. The molecule has 0 saturated carbocycles. The van der Waals surface area contributed by atoms with Gasteiger partial charge < -0.3 is 19.6 Å². The minimum absolute atomic E-state index is 0.0162. The fourth-order valence-electron chi connectivity index (χ4n) is 6.15. The van der Waals surface area contributed by atoms with Crippen LogP contribution >= 0.6 is 0 Å². The number of likely N-dealkylation sites (tertiary alicyclic amines) is 1. The van der Waals surface area contributed by atoms with E-state index in [1.807, 2.05) is 4.90 Å². The number of nitrogens with zero attached hydrogens (tertiary/aromatic N) is 3. The summed E-state index contributed by atoms with van der Waals surface area (Å²) in [6, 6.07) is 5.11. The average molecular weight is 471 g/mol. The standard InChI is InChI=1S/C26H35FN4O3/c27-20-6-7-21-23(16-20)34-29-26(21)18-10-14-31(15-11-18)25(33)9-8-24(32)28-17-19-4-3-13-30-12-2-1-5-22(19)30/h6-7,16,18-19,22H,1-5,8-15,17H2,(H,28,32). The summed E-state index contributed by atoms with van der Waals surface area (Å²) in [7, 11) is 0. The molecular weight excluding hydrogens is 435 g/mol. The molecule has 3 fully saturated rings. The number of hydrogen-bond donors (Lipinski definition) is 1. The summed E-state index contributed by atoms with van der Waals surface area (Å²) < 4.78 is 18.7. The summed E-state index contributed by atoms with van der Waals surface area (Å²) in [5.74, 6) is 0.411. The molecule has 184 valence electrons. The van der Waals surface area contributed by atoms with Crippen LogP contribution in [0.15, 0.2) is 22.7 Å². The first-order valence-corrected chi connectivity index (χ1v) is 12.9. The predicted molar refractivity (Wildman–Crippen MR) is 127 cm³/mol. The Kier molecular flexibility index (Phi) is 7.13. The molecule has 7 nitrogen and oxygen atoms in total. The van der Waals surface area contributed by atoms with Gasteiger partial charge in [0.1, 0.15) is 5.82 Å². The van der Waals surface area contributed by atoms with Crippen molar-refractivity contribution in [2.75, 3.05) is 32.7 Å². The van der Waals surface area contributed by atoms with E-state index in [1.54, 1.807) is 6.07 Å². The van der Waals surface area contributed by atoms with Crippen LogP contribution in [0, 0.1) is 11.7 Å². The minimum Gasteiger partial charge on any atom is -0.356 e. The van der Waals surface area contributed by atoms with E-state index < -0.39 is 0 Å². The molecule has 0 spiro atoms. The molecule has 2 unspecified atom stereocenters. The van der Waals surface area contributed by atoms with E-state index in [4.69, 9.17) is 4.52 Å². The lowest BCUT2D eigenvalue weighted by Crippen LogP contribution is -2.51. The topological polar surface area (TPSA) is 78.7 Å². The fourth-order valence-corrected chi connectivity index (χ4v) is 6.15. The van der Waals surface area contributed by atoms with Crippen molar-refractivity contribution in [2.24, 2.45) is 5.92 Å². The predicted octanol–water partition coefficient (Wildman–Crippen LogP) is 3.83. The number of amides is 2. The molecule has 1 aromatic carbocycles. The Bertz CT molecular complexity index is 1010. The van der Waals surface area contributed by atoms with E-state index >= 15 is 0 Å². The lowest BCUT2D eigenvalue weighted by Gasteiger charge is -2.44. The number of nitrogens with one attached hydrogen (secondary N) is 1. The first-order chi connectivity index (χ1) is 16.6. The highest BCUT2D eigenvalue weighted by Gasteiger charge is 2.33. The third-order valence-electron chi connectivity index (χ3n) is 8.05. The fraction of sp³-hybridized carbons (Fsp3) is 0.654. The van der Waals surface area contributed by atoms with Gasteiger partial charge in [-0.15, -0.1) is 0 Å². The highest BCUT2D eigenvalue weighted by atomic mass is 19.1. The monoisotopic (exact) mass is 470 g/mol. The first-order valence-electron chi connectivity index (χ1n) is 12.9. The summed E-state index contributed by atoms with van der Waals surface area (Å²) in [5.41, 5.74) is 1.31. The quantitative estimate of drug-likeness (QED) is 0.694. The van der Waals surface area contributed by atoms with Crippen molar-refractivity contribution < 1.29 is 18.5 Å². The molecule has 3 aliphatic heterocycles. The van der Waals surface area contributed by atoms with Crippen molar-refractivity contribution in [3.8, 4) is 0 Å². The maximum atomic E-state index is 13.4. The first kappa shape index (κ1) is 23.3. The molecule has 34 heavy (non-hydrogen) atoms. The second-order valence-electron chi connectivity index (χ2n) is 10.2. The van der Waals surface area contributed by atoms with Crippen LogP contribution in [0.4, 0.5) is 4.39 Å². The Morgan fingerprint density at radius 1 is 1.03 bits per heavy atom. The van der Waals surface area contributed by atoms with Gasteiger partial charge in [0, 0.05) is 55.9 Å². The van der Waals surface area contributed by atoms with Gasteiger partial charge in [-0.25, -0.2) is 4.39 Å². The number of fused-ring (bicyclic) bond motifs is 2. The number of carbonyl (C=O) groups excluding carboxylic acids is 2. The molecule has 0 bridgehead atoms. The summed E-state index contributed by atoms with van der Waals surface area (Å²) >= 11 is 0. The van der Waals surface area contributed by atoms with Crippen LogP contribution < -0.4 is 5.32 Å². The zero-order chi connectivity index (χ0) is 23.5. The maximum absolute atomic E-state index is 13.4. The Hall–Kier alpha value is -2.48. The van der Waals surface area contributed by atoms with Crippen molar-refractivity contribution in [1.29, 1.82) is 0 Å². The number of rotatable bonds is 6. The number of benzene rings is 1. The smallest absolute Gasteiger partial charge is 0.223 e. The van der Waals surface area contributed by atoms with Gasteiger partial charge in [-0.3, -0.25) is 9.59 Å². The van der Waals surface area contributed by atoms with E-state index in [0.29, 0.717) is 30.6 Å². The molecule has 4 heterocycles. The van der Waals surface area contributed by atoms with E-state index in [0.717, 1.165) is 30.5 Å². The van der Waals surface area contributed by atoms with E-state index in [2.05, 4.69) is 15.4 Å². The second kappa shape index (κ2) is 10.4. The van der Waals surface area contributed by atoms with Crippen LogP contribution in [0.1, 0.15) is 69.4 Å². The van der Waals surface area contributed by atoms with Gasteiger partial charge in [0.15, 0.2) is 5.58 Å². The largest absolute Gasteiger partial charge is 0.356 e. The zero-order valence-electron chi connectivity index (χ0n) is 19.8. The molecule has 3 aliphatic rings. The van der Waals surface area contributed by atoms with Crippen LogP contribution in [0.25, 0.3) is 11.0 Å². The Labute approximate surface area is 200 Å². The molecule has 0 aliphatic carbocycles. The molecule has 0 radical (unpaired) electrons. The van der Waals surface area contributed by atoms with E-state index in [1.165, 1.54) is 57.3 Å². The molecule has 5 rings (SSSR count). The van der Waals surface area contributed by atoms with Crippen molar-refractivity contribution in [2.45, 2.75) is 69.7 Å². The van der Waals surface area contributed by atoms with Gasteiger partial charge in [-0.05, 0) is 69.7 Å². The average Bonchev–Trinajstić information content (AvgIpc) is 3.29. The molecule has 1 aromatic heterocycles. The van der Waals surface area contributed by atoms with E-state index in [-0.39, 0.29) is 36.4 Å².